The van der Waals surface area contributed by atoms with Crippen molar-refractivity contribution in [3.8, 4) is 5.75 Å². The Labute approximate surface area is 162 Å². The number of anilines is 1. The molecule has 0 heterocycles. The largest absolute Gasteiger partial charge is 0.483 e. The number of carbonyl (C=O) groups excluding carboxylic acids is 2. The van der Waals surface area contributed by atoms with Gasteiger partial charge >= 0.3 is 0 Å². The topological polar surface area (TPSA) is 67.4 Å². The molecular weight excluding hydrogens is 396 g/mol. The summed E-state index contributed by atoms with van der Waals surface area (Å²) in [5.74, 6) is 0.0484. The SMILES string of the molecule is CCC(C)NC(=O)c1ccccc1NC(=O)COc1ccc(C)cc1Br. The van der Waals surface area contributed by atoms with Crippen LogP contribution in [-0.2, 0) is 4.79 Å². The molecule has 2 amide bonds. The number of nitrogens with one attached hydrogen (secondary N) is 2. The van der Waals surface area contributed by atoms with Crippen LogP contribution in [0.3, 0.4) is 0 Å². The molecule has 6 heteroatoms. The smallest absolute Gasteiger partial charge is 0.262 e. The van der Waals surface area contributed by atoms with E-state index in [1.54, 1.807) is 30.3 Å². The van der Waals surface area contributed by atoms with Crippen molar-refractivity contribution >= 4 is 33.4 Å². The van der Waals surface area contributed by atoms with E-state index < -0.39 is 0 Å². The summed E-state index contributed by atoms with van der Waals surface area (Å²) < 4.78 is 6.34. The molecule has 0 aliphatic rings. The fourth-order valence-corrected chi connectivity index (χ4v) is 2.85. The summed E-state index contributed by atoms with van der Waals surface area (Å²) in [6.45, 7) is 5.76. The molecule has 0 aromatic heterocycles. The van der Waals surface area contributed by atoms with Gasteiger partial charge in [-0.2, -0.15) is 0 Å². The zero-order chi connectivity index (χ0) is 19.1. The molecule has 0 radical (unpaired) electrons. The lowest BCUT2D eigenvalue weighted by Crippen LogP contribution is -2.33. The highest BCUT2D eigenvalue weighted by atomic mass is 79.9. The molecule has 0 spiro atoms. The lowest BCUT2D eigenvalue weighted by Gasteiger charge is -2.15. The third-order valence-electron chi connectivity index (χ3n) is 3.88. The minimum atomic E-state index is -0.332. The van der Waals surface area contributed by atoms with Gasteiger partial charge < -0.3 is 15.4 Å². The summed E-state index contributed by atoms with van der Waals surface area (Å²) in [5.41, 5.74) is 1.98. The van der Waals surface area contributed by atoms with Crippen LogP contribution in [0, 0.1) is 6.92 Å². The molecule has 2 aromatic rings. The van der Waals surface area contributed by atoms with E-state index in [2.05, 4.69) is 26.6 Å². The third-order valence-corrected chi connectivity index (χ3v) is 4.50. The Bertz CT molecular complexity index is 792. The second-order valence-electron chi connectivity index (χ2n) is 6.10. The first-order chi connectivity index (χ1) is 12.4. The van der Waals surface area contributed by atoms with Gasteiger partial charge in [0.1, 0.15) is 5.75 Å². The molecule has 2 rings (SSSR count). The van der Waals surface area contributed by atoms with Gasteiger partial charge in [-0.25, -0.2) is 0 Å². The Morgan fingerprint density at radius 1 is 1.19 bits per heavy atom. The van der Waals surface area contributed by atoms with Crippen molar-refractivity contribution in [3.63, 3.8) is 0 Å². The maximum Gasteiger partial charge on any atom is 0.262 e. The van der Waals surface area contributed by atoms with Crippen LogP contribution in [0.5, 0.6) is 5.75 Å². The van der Waals surface area contributed by atoms with Gasteiger partial charge in [-0.1, -0.05) is 25.1 Å². The molecule has 1 unspecified atom stereocenters. The van der Waals surface area contributed by atoms with E-state index >= 15 is 0 Å². The molecular formula is C20H23BrN2O3. The fraction of sp³-hybridized carbons (Fsp3) is 0.300. The average molecular weight is 419 g/mol. The Morgan fingerprint density at radius 2 is 1.92 bits per heavy atom. The van der Waals surface area contributed by atoms with Crippen LogP contribution in [0.4, 0.5) is 5.69 Å². The van der Waals surface area contributed by atoms with Gasteiger partial charge in [0.2, 0.25) is 0 Å². The summed E-state index contributed by atoms with van der Waals surface area (Å²) in [6.07, 6.45) is 0.833. The summed E-state index contributed by atoms with van der Waals surface area (Å²) in [4.78, 5) is 24.6. The molecule has 0 bridgehead atoms. The van der Waals surface area contributed by atoms with E-state index in [4.69, 9.17) is 4.74 Å². The Hall–Kier alpha value is -2.34. The molecule has 138 valence electrons. The number of aryl methyl sites for hydroxylation is 1. The van der Waals surface area contributed by atoms with Crippen LogP contribution in [0.2, 0.25) is 0 Å². The molecule has 2 N–H and O–H groups in total. The minimum Gasteiger partial charge on any atom is -0.483 e. The van der Waals surface area contributed by atoms with Crippen molar-refractivity contribution in [2.75, 3.05) is 11.9 Å². The van der Waals surface area contributed by atoms with E-state index in [0.29, 0.717) is 17.0 Å². The van der Waals surface area contributed by atoms with E-state index in [0.717, 1.165) is 16.5 Å². The minimum absolute atomic E-state index is 0.0634. The van der Waals surface area contributed by atoms with Crippen molar-refractivity contribution in [3.05, 3.63) is 58.1 Å². The summed E-state index contributed by atoms with van der Waals surface area (Å²) in [5, 5.41) is 5.65. The fourth-order valence-electron chi connectivity index (χ4n) is 2.25. The number of para-hydroxylation sites is 1. The molecule has 0 fully saturated rings. The maximum absolute atomic E-state index is 12.4. The zero-order valence-corrected chi connectivity index (χ0v) is 16.7. The number of benzene rings is 2. The van der Waals surface area contributed by atoms with Crippen LogP contribution in [0.15, 0.2) is 46.9 Å². The molecule has 0 aliphatic carbocycles. The Morgan fingerprint density at radius 3 is 2.62 bits per heavy atom. The first kappa shape index (κ1) is 20.0. The molecule has 5 nitrogen and oxygen atoms in total. The van der Waals surface area contributed by atoms with Crippen LogP contribution in [0.25, 0.3) is 0 Å². The van der Waals surface area contributed by atoms with Gasteiger partial charge in [0.05, 0.1) is 15.7 Å². The lowest BCUT2D eigenvalue weighted by molar-refractivity contribution is -0.118. The summed E-state index contributed by atoms with van der Waals surface area (Å²) >= 11 is 3.41. The maximum atomic E-state index is 12.4. The van der Waals surface area contributed by atoms with Crippen molar-refractivity contribution in [1.29, 1.82) is 0 Å². The van der Waals surface area contributed by atoms with E-state index in [-0.39, 0.29) is 24.5 Å². The molecule has 0 saturated carbocycles. The van der Waals surface area contributed by atoms with Crippen LogP contribution < -0.4 is 15.4 Å². The predicted octanol–water partition coefficient (Wildman–Crippen LogP) is 4.30. The highest BCUT2D eigenvalue weighted by Crippen LogP contribution is 2.25. The van der Waals surface area contributed by atoms with Crippen molar-refractivity contribution in [1.82, 2.24) is 5.32 Å². The number of rotatable bonds is 7. The molecule has 2 aromatic carbocycles. The molecule has 0 aliphatic heterocycles. The first-order valence-corrected chi connectivity index (χ1v) is 9.28. The highest BCUT2D eigenvalue weighted by Gasteiger charge is 2.15. The number of halogens is 1. The first-order valence-electron chi connectivity index (χ1n) is 8.49. The highest BCUT2D eigenvalue weighted by molar-refractivity contribution is 9.10. The van der Waals surface area contributed by atoms with Gasteiger partial charge in [-0.3, -0.25) is 9.59 Å². The quantitative estimate of drug-likeness (QED) is 0.703. The number of ether oxygens (including phenoxy) is 1. The van der Waals surface area contributed by atoms with Gasteiger partial charge in [0, 0.05) is 6.04 Å². The zero-order valence-electron chi connectivity index (χ0n) is 15.1. The van der Waals surface area contributed by atoms with Crippen LogP contribution >= 0.6 is 15.9 Å². The number of hydrogen-bond acceptors (Lipinski definition) is 3. The standard InChI is InChI=1S/C20H23BrN2O3/c1-4-14(3)22-20(25)15-7-5-6-8-17(15)23-19(24)12-26-18-10-9-13(2)11-16(18)21/h5-11,14H,4,12H2,1-3H3,(H,22,25)(H,23,24). The average Bonchev–Trinajstić information content (AvgIpc) is 2.61. The van der Waals surface area contributed by atoms with Crippen molar-refractivity contribution in [2.45, 2.75) is 33.2 Å². The molecule has 26 heavy (non-hydrogen) atoms. The Balaban J connectivity index is 2.01. The van der Waals surface area contributed by atoms with Crippen molar-refractivity contribution < 1.29 is 14.3 Å². The number of amides is 2. The number of hydrogen-bond donors (Lipinski definition) is 2. The number of carbonyl (C=O) groups is 2. The van der Waals surface area contributed by atoms with E-state index in [1.807, 2.05) is 32.9 Å². The Kier molecular flexibility index (Phi) is 7.21. The lowest BCUT2D eigenvalue weighted by atomic mass is 10.1. The third kappa shape index (κ3) is 5.59. The van der Waals surface area contributed by atoms with Gasteiger partial charge in [-0.05, 0) is 66.0 Å². The summed E-state index contributed by atoms with van der Waals surface area (Å²) in [6, 6.07) is 12.6. The van der Waals surface area contributed by atoms with Gasteiger partial charge in [0.15, 0.2) is 6.61 Å². The normalized spacial score (nSPS) is 11.5. The van der Waals surface area contributed by atoms with E-state index in [1.165, 1.54) is 0 Å². The molecule has 1 atom stereocenters. The summed E-state index contributed by atoms with van der Waals surface area (Å²) in [7, 11) is 0. The van der Waals surface area contributed by atoms with Crippen LogP contribution in [0.1, 0.15) is 36.2 Å². The second-order valence-corrected chi connectivity index (χ2v) is 6.95. The van der Waals surface area contributed by atoms with E-state index in [9.17, 15) is 9.59 Å². The van der Waals surface area contributed by atoms with Gasteiger partial charge in [-0.15, -0.1) is 0 Å². The second kappa shape index (κ2) is 9.38. The van der Waals surface area contributed by atoms with Crippen molar-refractivity contribution in [2.24, 2.45) is 0 Å². The van der Waals surface area contributed by atoms with Gasteiger partial charge in [0.25, 0.3) is 11.8 Å². The predicted molar refractivity (Wildman–Crippen MR) is 107 cm³/mol. The molecule has 0 saturated heterocycles. The monoisotopic (exact) mass is 418 g/mol. The van der Waals surface area contributed by atoms with Crippen LogP contribution in [-0.4, -0.2) is 24.5 Å².